The minimum atomic E-state index is -0.828. The zero-order valence-corrected chi connectivity index (χ0v) is 11.5. The van der Waals surface area contributed by atoms with Gasteiger partial charge in [0, 0.05) is 21.1 Å². The zero-order valence-electron chi connectivity index (χ0n) is 9.11. The molecule has 0 aliphatic carbocycles. The molecule has 0 radical (unpaired) electrons. The van der Waals surface area contributed by atoms with Crippen LogP contribution in [-0.4, -0.2) is 16.1 Å². The lowest BCUT2D eigenvalue weighted by Crippen LogP contribution is -1.97. The van der Waals surface area contributed by atoms with E-state index in [0.717, 1.165) is 25.5 Å². The van der Waals surface area contributed by atoms with Gasteiger partial charge < -0.3 is 5.11 Å². The highest BCUT2D eigenvalue weighted by Gasteiger charge is 2.10. The highest BCUT2D eigenvalue weighted by molar-refractivity contribution is 9.10. The second kappa shape index (κ2) is 4.98. The summed E-state index contributed by atoms with van der Waals surface area (Å²) in [5.41, 5.74) is 2.17. The van der Waals surface area contributed by atoms with Crippen LogP contribution in [0.2, 0.25) is 0 Å². The third kappa shape index (κ3) is 2.92. The van der Waals surface area contributed by atoms with E-state index in [1.807, 2.05) is 25.1 Å². The van der Waals surface area contributed by atoms with Gasteiger partial charge in [0.05, 0.1) is 6.42 Å². The molecule has 0 fully saturated rings. The number of aryl methyl sites for hydroxylation is 1. The Morgan fingerprint density at radius 3 is 3.00 bits per heavy atom. The maximum Gasteiger partial charge on any atom is 0.308 e. The summed E-state index contributed by atoms with van der Waals surface area (Å²) in [6.07, 6.45) is 1.67. The first-order chi connectivity index (χ1) is 8.06. The van der Waals surface area contributed by atoms with E-state index in [1.54, 1.807) is 6.20 Å². The summed E-state index contributed by atoms with van der Waals surface area (Å²) in [6, 6.07) is 5.99. The lowest BCUT2D eigenvalue weighted by molar-refractivity contribution is -0.136. The molecule has 0 atom stereocenters. The Morgan fingerprint density at radius 1 is 1.53 bits per heavy atom. The van der Waals surface area contributed by atoms with Crippen LogP contribution in [0.3, 0.4) is 0 Å². The Balaban J connectivity index is 2.36. The minimum absolute atomic E-state index is 0.0325. The number of aromatic nitrogens is 1. The number of hydrogen-bond donors (Lipinski definition) is 1. The number of carboxylic acid groups (broad SMARTS) is 1. The highest BCUT2D eigenvalue weighted by Crippen LogP contribution is 2.30. The Morgan fingerprint density at radius 2 is 2.29 bits per heavy atom. The molecule has 1 aromatic carbocycles. The molecule has 88 valence electrons. The van der Waals surface area contributed by atoms with Crippen LogP contribution in [0.25, 0.3) is 10.6 Å². The van der Waals surface area contributed by atoms with Crippen molar-refractivity contribution in [3.8, 4) is 10.6 Å². The van der Waals surface area contributed by atoms with E-state index in [-0.39, 0.29) is 6.42 Å². The molecular formula is C12H10BrNO2S. The smallest absolute Gasteiger partial charge is 0.308 e. The molecule has 0 unspecified atom stereocenters. The van der Waals surface area contributed by atoms with E-state index in [1.165, 1.54) is 11.3 Å². The van der Waals surface area contributed by atoms with Crippen molar-refractivity contribution in [2.45, 2.75) is 13.3 Å². The lowest BCUT2D eigenvalue weighted by Gasteiger charge is -2.02. The van der Waals surface area contributed by atoms with Crippen LogP contribution in [0.4, 0.5) is 0 Å². The molecule has 0 aliphatic heterocycles. The molecule has 0 aliphatic rings. The van der Waals surface area contributed by atoms with Crippen LogP contribution in [0, 0.1) is 6.92 Å². The molecule has 17 heavy (non-hydrogen) atoms. The van der Waals surface area contributed by atoms with Crippen LogP contribution in [-0.2, 0) is 11.2 Å². The Bertz CT molecular complexity index is 565. The molecule has 0 bridgehead atoms. The van der Waals surface area contributed by atoms with Gasteiger partial charge in [-0.3, -0.25) is 4.79 Å². The van der Waals surface area contributed by atoms with E-state index >= 15 is 0 Å². The Labute approximate surface area is 111 Å². The van der Waals surface area contributed by atoms with E-state index in [4.69, 9.17) is 5.11 Å². The number of carbonyl (C=O) groups is 1. The van der Waals surface area contributed by atoms with Crippen LogP contribution in [0.5, 0.6) is 0 Å². The standard InChI is InChI=1S/C12H10BrNO2S/c1-7-2-3-8(13)4-10(7)12-14-6-9(17-12)5-11(15)16/h2-4,6H,5H2,1H3,(H,15,16). The third-order valence-corrected chi connectivity index (χ3v) is 3.83. The summed E-state index contributed by atoms with van der Waals surface area (Å²) in [4.78, 5) is 15.7. The van der Waals surface area contributed by atoms with Crippen LogP contribution < -0.4 is 0 Å². The van der Waals surface area contributed by atoms with Crippen LogP contribution >= 0.6 is 27.3 Å². The van der Waals surface area contributed by atoms with Gasteiger partial charge in [-0.15, -0.1) is 11.3 Å². The maximum atomic E-state index is 10.6. The predicted octanol–water partition coefficient (Wildman–Crippen LogP) is 3.51. The average molecular weight is 312 g/mol. The van der Waals surface area contributed by atoms with Crippen LogP contribution in [0.1, 0.15) is 10.4 Å². The van der Waals surface area contributed by atoms with E-state index in [9.17, 15) is 4.79 Å². The number of hydrogen-bond acceptors (Lipinski definition) is 3. The fourth-order valence-electron chi connectivity index (χ4n) is 1.49. The summed E-state index contributed by atoms with van der Waals surface area (Å²) in [5.74, 6) is -0.828. The molecule has 1 N–H and O–H groups in total. The van der Waals surface area contributed by atoms with Crippen molar-refractivity contribution in [2.75, 3.05) is 0 Å². The molecule has 0 saturated carbocycles. The molecule has 2 rings (SSSR count). The maximum absolute atomic E-state index is 10.6. The second-order valence-corrected chi connectivity index (χ2v) is 5.69. The van der Waals surface area contributed by atoms with E-state index in [0.29, 0.717) is 0 Å². The van der Waals surface area contributed by atoms with E-state index < -0.39 is 5.97 Å². The summed E-state index contributed by atoms with van der Waals surface area (Å²) >= 11 is 4.85. The van der Waals surface area contributed by atoms with Crippen molar-refractivity contribution in [1.82, 2.24) is 4.98 Å². The molecule has 3 nitrogen and oxygen atoms in total. The number of benzene rings is 1. The lowest BCUT2D eigenvalue weighted by atomic mass is 10.1. The summed E-state index contributed by atoms with van der Waals surface area (Å²) in [5, 5.41) is 9.58. The summed E-state index contributed by atoms with van der Waals surface area (Å²) < 4.78 is 0.994. The fourth-order valence-corrected chi connectivity index (χ4v) is 2.83. The normalized spacial score (nSPS) is 10.5. The molecular weight excluding hydrogens is 302 g/mol. The zero-order chi connectivity index (χ0) is 12.4. The number of nitrogens with zero attached hydrogens (tertiary/aromatic N) is 1. The van der Waals surface area contributed by atoms with Gasteiger partial charge in [0.1, 0.15) is 5.01 Å². The quantitative estimate of drug-likeness (QED) is 0.943. The highest BCUT2D eigenvalue weighted by atomic mass is 79.9. The monoisotopic (exact) mass is 311 g/mol. The Kier molecular flexibility index (Phi) is 3.59. The number of aliphatic carboxylic acids is 1. The van der Waals surface area contributed by atoms with Gasteiger partial charge in [0.25, 0.3) is 0 Å². The molecule has 1 aromatic heterocycles. The minimum Gasteiger partial charge on any atom is -0.481 e. The van der Waals surface area contributed by atoms with Gasteiger partial charge in [-0.2, -0.15) is 0 Å². The molecule has 0 amide bonds. The van der Waals surface area contributed by atoms with Crippen molar-refractivity contribution in [1.29, 1.82) is 0 Å². The van der Waals surface area contributed by atoms with Gasteiger partial charge >= 0.3 is 5.97 Å². The van der Waals surface area contributed by atoms with Crippen molar-refractivity contribution < 1.29 is 9.90 Å². The number of halogens is 1. The SMILES string of the molecule is Cc1ccc(Br)cc1-c1ncc(CC(=O)O)s1. The number of thiazole rings is 1. The molecule has 0 spiro atoms. The van der Waals surface area contributed by atoms with Crippen LogP contribution in [0.15, 0.2) is 28.9 Å². The fraction of sp³-hybridized carbons (Fsp3) is 0.167. The summed E-state index contributed by atoms with van der Waals surface area (Å²) in [7, 11) is 0. The molecule has 5 heteroatoms. The van der Waals surface area contributed by atoms with Gasteiger partial charge in [0.15, 0.2) is 0 Å². The van der Waals surface area contributed by atoms with Gasteiger partial charge in [0.2, 0.25) is 0 Å². The van der Waals surface area contributed by atoms with Gasteiger partial charge in [-0.05, 0) is 24.6 Å². The molecule has 1 heterocycles. The first kappa shape index (κ1) is 12.3. The second-order valence-electron chi connectivity index (χ2n) is 3.66. The first-order valence-electron chi connectivity index (χ1n) is 4.99. The predicted molar refractivity (Wildman–Crippen MR) is 71.3 cm³/mol. The molecule has 2 aromatic rings. The van der Waals surface area contributed by atoms with Crippen molar-refractivity contribution in [3.63, 3.8) is 0 Å². The van der Waals surface area contributed by atoms with Crippen molar-refractivity contribution in [2.24, 2.45) is 0 Å². The Hall–Kier alpha value is -1.20. The topological polar surface area (TPSA) is 50.2 Å². The van der Waals surface area contributed by atoms with E-state index in [2.05, 4.69) is 20.9 Å². The number of rotatable bonds is 3. The van der Waals surface area contributed by atoms with Gasteiger partial charge in [-0.1, -0.05) is 22.0 Å². The van der Waals surface area contributed by atoms with Crippen molar-refractivity contribution in [3.05, 3.63) is 39.3 Å². The third-order valence-electron chi connectivity index (χ3n) is 2.31. The first-order valence-corrected chi connectivity index (χ1v) is 6.60. The van der Waals surface area contributed by atoms with Gasteiger partial charge in [-0.25, -0.2) is 4.98 Å². The summed E-state index contributed by atoms with van der Waals surface area (Å²) in [6.45, 7) is 2.01. The largest absolute Gasteiger partial charge is 0.481 e. The molecule has 0 saturated heterocycles. The van der Waals surface area contributed by atoms with Crippen molar-refractivity contribution >= 4 is 33.2 Å². The average Bonchev–Trinajstić information content (AvgIpc) is 2.69. The number of carboxylic acids is 1.